The summed E-state index contributed by atoms with van der Waals surface area (Å²) in [6.07, 6.45) is 2.53. The van der Waals surface area contributed by atoms with Gasteiger partial charge < -0.3 is 9.64 Å². The van der Waals surface area contributed by atoms with E-state index in [2.05, 4.69) is 13.8 Å². The minimum atomic E-state index is -0.0242. The van der Waals surface area contributed by atoms with Crippen LogP contribution in [0.2, 0.25) is 0 Å². The normalized spacial score (nSPS) is 21.8. The molecule has 0 aromatic carbocycles. The Morgan fingerprint density at radius 3 is 2.76 bits per heavy atom. The van der Waals surface area contributed by atoms with Gasteiger partial charge in [-0.3, -0.25) is 9.59 Å². The number of nitrogens with zero attached hydrogens (tertiary/aromatic N) is 1. The molecular weight excluding hydrogens is 218 g/mol. The molecule has 0 aromatic heterocycles. The summed E-state index contributed by atoms with van der Waals surface area (Å²) < 4.78 is 4.78. The summed E-state index contributed by atoms with van der Waals surface area (Å²) in [5.41, 5.74) is 0. The molecule has 1 fully saturated rings. The average molecular weight is 241 g/mol. The van der Waals surface area contributed by atoms with Gasteiger partial charge in [-0.2, -0.15) is 0 Å². The Labute approximate surface area is 103 Å². The summed E-state index contributed by atoms with van der Waals surface area (Å²) in [5.74, 6) is 1.29. The first-order valence-electron chi connectivity index (χ1n) is 6.33. The molecule has 98 valence electrons. The van der Waals surface area contributed by atoms with E-state index in [4.69, 9.17) is 4.74 Å². The number of likely N-dealkylation sites (tertiary alicyclic amines) is 1. The second kappa shape index (κ2) is 6.74. The Morgan fingerprint density at radius 1 is 1.47 bits per heavy atom. The summed E-state index contributed by atoms with van der Waals surface area (Å²) in [6.45, 7) is 5.40. The molecule has 0 spiro atoms. The van der Waals surface area contributed by atoms with E-state index in [1.807, 2.05) is 0 Å². The van der Waals surface area contributed by atoms with Crippen LogP contribution in [0.4, 0.5) is 0 Å². The lowest BCUT2D eigenvalue weighted by Gasteiger charge is -2.20. The number of ether oxygens (including phenoxy) is 1. The first kappa shape index (κ1) is 14.2. The topological polar surface area (TPSA) is 46.6 Å². The van der Waals surface area contributed by atoms with Gasteiger partial charge in [0, 0.05) is 20.1 Å². The average Bonchev–Trinajstić information content (AvgIpc) is 2.43. The van der Waals surface area contributed by atoms with Crippen molar-refractivity contribution in [2.24, 2.45) is 11.8 Å². The second-order valence-electron chi connectivity index (χ2n) is 5.12. The van der Waals surface area contributed by atoms with Crippen LogP contribution >= 0.6 is 0 Å². The highest BCUT2D eigenvalue weighted by Gasteiger charge is 2.25. The quantitative estimate of drug-likeness (QED) is 0.732. The predicted molar refractivity (Wildman–Crippen MR) is 65.6 cm³/mol. The van der Waals surface area contributed by atoms with Crippen LogP contribution < -0.4 is 0 Å². The summed E-state index contributed by atoms with van der Waals surface area (Å²) in [6, 6.07) is 0. The van der Waals surface area contributed by atoms with Crippen LogP contribution in [0.5, 0.6) is 0 Å². The van der Waals surface area contributed by atoms with Crippen LogP contribution in [0.25, 0.3) is 0 Å². The van der Waals surface area contributed by atoms with Gasteiger partial charge in [-0.1, -0.05) is 13.8 Å². The molecule has 0 radical (unpaired) electrons. The van der Waals surface area contributed by atoms with Gasteiger partial charge in [0.1, 0.15) is 6.61 Å². The second-order valence-corrected chi connectivity index (χ2v) is 5.12. The Balaban J connectivity index is 2.50. The smallest absolute Gasteiger partial charge is 0.222 e. The number of rotatable bonds is 5. The van der Waals surface area contributed by atoms with E-state index in [1.54, 1.807) is 4.90 Å². The molecule has 0 bridgehead atoms. The molecule has 0 saturated carbocycles. The molecule has 4 nitrogen and oxygen atoms in total. The lowest BCUT2D eigenvalue weighted by molar-refractivity contribution is -0.136. The number of hydrogen-bond donors (Lipinski definition) is 0. The SMILES string of the molecule is COCC(=O)CN1CCC(C(C)C)CCC1=O. The number of methoxy groups -OCH3 is 1. The van der Waals surface area contributed by atoms with E-state index in [0.29, 0.717) is 24.8 Å². The number of amides is 1. The van der Waals surface area contributed by atoms with Crippen molar-refractivity contribution in [3.05, 3.63) is 0 Å². The minimum absolute atomic E-state index is 0.0242. The highest BCUT2D eigenvalue weighted by molar-refractivity contribution is 5.86. The van der Waals surface area contributed by atoms with Crippen LogP contribution in [0, 0.1) is 11.8 Å². The zero-order valence-electron chi connectivity index (χ0n) is 11.1. The third kappa shape index (κ3) is 4.46. The van der Waals surface area contributed by atoms with Gasteiger partial charge in [0.05, 0.1) is 6.54 Å². The maximum Gasteiger partial charge on any atom is 0.222 e. The van der Waals surface area contributed by atoms with E-state index in [-0.39, 0.29) is 24.8 Å². The first-order chi connectivity index (χ1) is 8.04. The number of carbonyl (C=O) groups is 2. The van der Waals surface area contributed by atoms with Crippen LogP contribution in [0.3, 0.4) is 0 Å². The van der Waals surface area contributed by atoms with Crippen LogP contribution in [0.15, 0.2) is 0 Å². The van der Waals surface area contributed by atoms with Gasteiger partial charge in [0.25, 0.3) is 0 Å². The van der Waals surface area contributed by atoms with Crippen molar-refractivity contribution < 1.29 is 14.3 Å². The van der Waals surface area contributed by atoms with Crippen molar-refractivity contribution in [1.29, 1.82) is 0 Å². The van der Waals surface area contributed by atoms with E-state index in [9.17, 15) is 9.59 Å². The maximum absolute atomic E-state index is 11.9. The molecule has 1 amide bonds. The molecule has 1 rings (SSSR count). The number of ketones is 1. The van der Waals surface area contributed by atoms with Crippen molar-refractivity contribution in [3.8, 4) is 0 Å². The number of carbonyl (C=O) groups excluding carboxylic acids is 2. The molecular formula is C13H23NO3. The summed E-state index contributed by atoms with van der Waals surface area (Å²) in [5, 5.41) is 0. The van der Waals surface area contributed by atoms with Gasteiger partial charge in [-0.25, -0.2) is 0 Å². The largest absolute Gasteiger partial charge is 0.377 e. The van der Waals surface area contributed by atoms with Crippen LogP contribution in [-0.4, -0.2) is 43.4 Å². The van der Waals surface area contributed by atoms with Crippen LogP contribution in [-0.2, 0) is 14.3 Å². The fourth-order valence-electron chi connectivity index (χ4n) is 2.31. The highest BCUT2D eigenvalue weighted by Crippen LogP contribution is 2.24. The third-order valence-corrected chi connectivity index (χ3v) is 3.47. The molecule has 0 N–H and O–H groups in total. The zero-order valence-corrected chi connectivity index (χ0v) is 11.1. The molecule has 1 atom stereocenters. The monoisotopic (exact) mass is 241 g/mol. The molecule has 1 aliphatic heterocycles. The Hall–Kier alpha value is -0.900. The molecule has 1 aliphatic rings. The summed E-state index contributed by atoms with van der Waals surface area (Å²) in [4.78, 5) is 25.0. The molecule has 1 saturated heterocycles. The Kier molecular flexibility index (Phi) is 5.62. The van der Waals surface area contributed by atoms with Crippen molar-refractivity contribution in [2.45, 2.75) is 33.1 Å². The lowest BCUT2D eigenvalue weighted by atomic mass is 9.89. The van der Waals surface area contributed by atoms with Gasteiger partial charge in [0.15, 0.2) is 5.78 Å². The Morgan fingerprint density at radius 2 is 2.18 bits per heavy atom. The fraction of sp³-hybridized carbons (Fsp3) is 0.846. The van der Waals surface area contributed by atoms with Crippen molar-refractivity contribution in [1.82, 2.24) is 4.90 Å². The number of hydrogen-bond acceptors (Lipinski definition) is 3. The molecule has 1 unspecified atom stereocenters. The maximum atomic E-state index is 11.9. The van der Waals surface area contributed by atoms with Crippen molar-refractivity contribution >= 4 is 11.7 Å². The van der Waals surface area contributed by atoms with Crippen molar-refractivity contribution in [2.75, 3.05) is 26.8 Å². The van der Waals surface area contributed by atoms with Gasteiger partial charge in [-0.15, -0.1) is 0 Å². The molecule has 0 aliphatic carbocycles. The fourth-order valence-corrected chi connectivity index (χ4v) is 2.31. The van der Waals surface area contributed by atoms with Crippen molar-refractivity contribution in [3.63, 3.8) is 0 Å². The minimum Gasteiger partial charge on any atom is -0.377 e. The number of Topliss-reactive ketones (excluding diaryl/α,β-unsaturated/α-hetero) is 1. The predicted octanol–water partition coefficient (Wildman–Crippen LogP) is 1.49. The molecule has 17 heavy (non-hydrogen) atoms. The molecule has 4 heteroatoms. The van der Waals surface area contributed by atoms with E-state index in [0.717, 1.165) is 12.8 Å². The summed E-state index contributed by atoms with van der Waals surface area (Å²) >= 11 is 0. The third-order valence-electron chi connectivity index (χ3n) is 3.47. The van der Waals surface area contributed by atoms with E-state index in [1.165, 1.54) is 7.11 Å². The van der Waals surface area contributed by atoms with E-state index < -0.39 is 0 Å². The summed E-state index contributed by atoms with van der Waals surface area (Å²) in [7, 11) is 1.50. The van der Waals surface area contributed by atoms with Gasteiger partial charge in [0.2, 0.25) is 5.91 Å². The lowest BCUT2D eigenvalue weighted by Crippen LogP contribution is -2.36. The molecule has 1 heterocycles. The highest BCUT2D eigenvalue weighted by atomic mass is 16.5. The first-order valence-corrected chi connectivity index (χ1v) is 6.33. The van der Waals surface area contributed by atoms with E-state index >= 15 is 0 Å². The standard InChI is InChI=1S/C13H23NO3/c1-10(2)11-4-5-13(16)14(7-6-11)8-12(15)9-17-3/h10-11H,4-9H2,1-3H3. The Bertz CT molecular complexity index is 276. The van der Waals surface area contributed by atoms with Gasteiger partial charge in [-0.05, 0) is 24.7 Å². The van der Waals surface area contributed by atoms with Gasteiger partial charge >= 0.3 is 0 Å². The zero-order chi connectivity index (χ0) is 12.8. The molecule has 0 aromatic rings. The van der Waals surface area contributed by atoms with Crippen LogP contribution in [0.1, 0.15) is 33.1 Å².